The Morgan fingerprint density at radius 1 is 1.18 bits per heavy atom. The van der Waals surface area contributed by atoms with Gasteiger partial charge in [-0.3, -0.25) is 19.7 Å². The highest BCUT2D eigenvalue weighted by Gasteiger charge is 2.12. The van der Waals surface area contributed by atoms with Crippen LogP contribution in [-0.4, -0.2) is 29.2 Å². The number of rotatable bonds is 7. The Kier molecular flexibility index (Phi) is 7.00. The Labute approximate surface area is 164 Å². The number of ether oxygens (including phenoxy) is 1. The minimum atomic E-state index is -0.777. The van der Waals surface area contributed by atoms with E-state index < -0.39 is 23.3 Å². The highest BCUT2D eigenvalue weighted by molar-refractivity contribution is 6.32. The summed E-state index contributed by atoms with van der Waals surface area (Å²) in [5.41, 5.74) is 0.961. The van der Waals surface area contributed by atoms with Crippen molar-refractivity contribution in [1.29, 1.82) is 0 Å². The standard InChI is InChI=1S/C19H15ClN2O6/c1-12(23)21-15-6-4-14(5-7-15)18(24)11-28-19(25)9-3-13-2-8-16(20)17(10-13)22(26)27/h2-10H,11H2,1H3,(H,21,23)/b9-3+. The molecule has 0 spiro atoms. The first-order valence-corrected chi connectivity index (χ1v) is 8.33. The predicted octanol–water partition coefficient (Wildman–Crippen LogP) is 3.65. The molecule has 1 amide bonds. The number of amides is 1. The summed E-state index contributed by atoms with van der Waals surface area (Å²) in [4.78, 5) is 45.0. The predicted molar refractivity (Wildman–Crippen MR) is 103 cm³/mol. The first-order chi connectivity index (χ1) is 13.3. The summed E-state index contributed by atoms with van der Waals surface area (Å²) in [7, 11) is 0. The third-order valence-corrected chi connectivity index (χ3v) is 3.77. The van der Waals surface area contributed by atoms with Gasteiger partial charge in [-0.05, 0) is 42.0 Å². The van der Waals surface area contributed by atoms with Crippen LogP contribution in [-0.2, 0) is 14.3 Å². The lowest BCUT2D eigenvalue weighted by Gasteiger charge is -2.04. The van der Waals surface area contributed by atoms with Gasteiger partial charge in [-0.25, -0.2) is 4.79 Å². The van der Waals surface area contributed by atoms with Crippen LogP contribution in [0.2, 0.25) is 5.02 Å². The zero-order valence-electron chi connectivity index (χ0n) is 14.7. The van der Waals surface area contributed by atoms with Crippen LogP contribution in [0.4, 0.5) is 11.4 Å². The minimum absolute atomic E-state index is 0.0140. The van der Waals surface area contributed by atoms with Crippen molar-refractivity contribution in [2.45, 2.75) is 6.92 Å². The molecule has 0 fully saturated rings. The van der Waals surface area contributed by atoms with Gasteiger partial charge in [-0.2, -0.15) is 0 Å². The monoisotopic (exact) mass is 402 g/mol. The SMILES string of the molecule is CC(=O)Nc1ccc(C(=O)COC(=O)/C=C/c2ccc(Cl)c([N+](=O)[O-])c2)cc1. The van der Waals surface area contributed by atoms with E-state index in [4.69, 9.17) is 16.3 Å². The Morgan fingerprint density at radius 3 is 2.46 bits per heavy atom. The van der Waals surface area contributed by atoms with Gasteiger partial charge in [0.05, 0.1) is 4.92 Å². The van der Waals surface area contributed by atoms with E-state index in [-0.39, 0.29) is 16.6 Å². The lowest BCUT2D eigenvalue weighted by molar-refractivity contribution is -0.384. The zero-order valence-corrected chi connectivity index (χ0v) is 15.4. The molecule has 2 rings (SSSR count). The maximum atomic E-state index is 12.0. The van der Waals surface area contributed by atoms with Crippen molar-refractivity contribution in [3.8, 4) is 0 Å². The van der Waals surface area contributed by atoms with Crippen LogP contribution >= 0.6 is 11.6 Å². The summed E-state index contributed by atoms with van der Waals surface area (Å²) in [5.74, 6) is -1.43. The number of anilines is 1. The smallest absolute Gasteiger partial charge is 0.331 e. The number of halogens is 1. The Morgan fingerprint density at radius 2 is 1.86 bits per heavy atom. The lowest BCUT2D eigenvalue weighted by Crippen LogP contribution is -2.13. The van der Waals surface area contributed by atoms with Crippen LogP contribution < -0.4 is 5.32 Å². The van der Waals surface area contributed by atoms with E-state index in [2.05, 4.69) is 5.32 Å². The van der Waals surface area contributed by atoms with Crippen molar-refractivity contribution in [1.82, 2.24) is 0 Å². The molecule has 0 aromatic heterocycles. The number of carbonyl (C=O) groups is 3. The zero-order chi connectivity index (χ0) is 20.7. The number of nitrogens with zero attached hydrogens (tertiary/aromatic N) is 1. The summed E-state index contributed by atoms with van der Waals surface area (Å²) in [6.45, 7) is 0.900. The molecule has 0 aliphatic carbocycles. The first kappa shape index (κ1) is 20.8. The van der Waals surface area contributed by atoms with Crippen molar-refractivity contribution >= 4 is 46.7 Å². The molecule has 2 aromatic carbocycles. The molecule has 0 aliphatic rings. The Balaban J connectivity index is 1.92. The van der Waals surface area contributed by atoms with Gasteiger partial charge in [0.1, 0.15) is 5.02 Å². The number of benzene rings is 2. The van der Waals surface area contributed by atoms with Crippen LogP contribution in [0.3, 0.4) is 0 Å². The summed E-state index contributed by atoms with van der Waals surface area (Å²) in [6, 6.07) is 10.2. The lowest BCUT2D eigenvalue weighted by atomic mass is 10.1. The Bertz CT molecular complexity index is 953. The molecule has 0 saturated heterocycles. The number of esters is 1. The summed E-state index contributed by atoms with van der Waals surface area (Å²) in [5, 5.41) is 13.4. The third-order valence-electron chi connectivity index (χ3n) is 3.45. The molecule has 0 unspecified atom stereocenters. The van der Waals surface area contributed by atoms with Crippen LogP contribution in [0.1, 0.15) is 22.8 Å². The second kappa shape index (κ2) is 9.43. The Hall–Kier alpha value is -3.52. The molecule has 1 N–H and O–H groups in total. The molecule has 0 bridgehead atoms. The number of nitro benzene ring substituents is 1. The van der Waals surface area contributed by atoms with Gasteiger partial charge < -0.3 is 10.1 Å². The topological polar surface area (TPSA) is 116 Å². The molecule has 8 nitrogen and oxygen atoms in total. The van der Waals surface area contributed by atoms with Crippen molar-refractivity contribution < 1.29 is 24.0 Å². The van der Waals surface area contributed by atoms with Gasteiger partial charge in [0.25, 0.3) is 5.69 Å². The first-order valence-electron chi connectivity index (χ1n) is 7.96. The number of hydrogen-bond acceptors (Lipinski definition) is 6. The fourth-order valence-electron chi connectivity index (χ4n) is 2.15. The second-order valence-corrected chi connectivity index (χ2v) is 6.00. The molecular formula is C19H15ClN2O6. The molecule has 9 heteroatoms. The third kappa shape index (κ3) is 6.03. The van der Waals surface area contributed by atoms with Gasteiger partial charge in [0, 0.05) is 30.3 Å². The van der Waals surface area contributed by atoms with E-state index >= 15 is 0 Å². The normalized spacial score (nSPS) is 10.5. The average molecular weight is 403 g/mol. The maximum Gasteiger partial charge on any atom is 0.331 e. The molecular weight excluding hydrogens is 388 g/mol. The van der Waals surface area contributed by atoms with Crippen molar-refractivity contribution in [3.05, 3.63) is 74.8 Å². The maximum absolute atomic E-state index is 12.0. The van der Waals surface area contributed by atoms with Gasteiger partial charge in [-0.15, -0.1) is 0 Å². The average Bonchev–Trinajstić information content (AvgIpc) is 2.65. The number of carbonyl (C=O) groups excluding carboxylic acids is 3. The highest BCUT2D eigenvalue weighted by atomic mass is 35.5. The molecule has 28 heavy (non-hydrogen) atoms. The largest absolute Gasteiger partial charge is 0.454 e. The second-order valence-electron chi connectivity index (χ2n) is 5.59. The fraction of sp³-hybridized carbons (Fsp3) is 0.105. The highest BCUT2D eigenvalue weighted by Crippen LogP contribution is 2.25. The van der Waals surface area contributed by atoms with E-state index in [0.29, 0.717) is 16.8 Å². The number of Topliss-reactive ketones (excluding diaryl/α,β-unsaturated/α-hetero) is 1. The van der Waals surface area contributed by atoms with Crippen LogP contribution in [0.5, 0.6) is 0 Å². The molecule has 0 atom stereocenters. The number of nitrogens with one attached hydrogen (secondary N) is 1. The molecule has 0 saturated carbocycles. The van der Waals surface area contributed by atoms with Crippen LogP contribution in [0, 0.1) is 10.1 Å². The van der Waals surface area contributed by atoms with E-state index in [1.54, 1.807) is 12.1 Å². The van der Waals surface area contributed by atoms with Gasteiger partial charge in [-0.1, -0.05) is 17.7 Å². The van der Waals surface area contributed by atoms with Gasteiger partial charge in [0.2, 0.25) is 5.91 Å². The summed E-state index contributed by atoms with van der Waals surface area (Å²) < 4.78 is 4.87. The fourth-order valence-corrected chi connectivity index (χ4v) is 2.33. The molecule has 144 valence electrons. The van der Waals surface area contributed by atoms with Crippen LogP contribution in [0.25, 0.3) is 6.08 Å². The van der Waals surface area contributed by atoms with Gasteiger partial charge in [0.15, 0.2) is 12.4 Å². The quantitative estimate of drug-likeness (QED) is 0.248. The van der Waals surface area contributed by atoms with E-state index in [1.807, 2.05) is 0 Å². The molecule has 0 aliphatic heterocycles. The van der Waals surface area contributed by atoms with E-state index in [0.717, 1.165) is 6.08 Å². The molecule has 2 aromatic rings. The number of nitro groups is 1. The summed E-state index contributed by atoms with van der Waals surface area (Å²) in [6.07, 6.45) is 2.37. The minimum Gasteiger partial charge on any atom is -0.454 e. The number of hydrogen-bond donors (Lipinski definition) is 1. The van der Waals surface area contributed by atoms with Crippen LogP contribution in [0.15, 0.2) is 48.5 Å². The van der Waals surface area contributed by atoms with Crippen molar-refractivity contribution in [2.75, 3.05) is 11.9 Å². The van der Waals surface area contributed by atoms with E-state index in [1.165, 1.54) is 43.3 Å². The van der Waals surface area contributed by atoms with Crippen molar-refractivity contribution in [3.63, 3.8) is 0 Å². The van der Waals surface area contributed by atoms with E-state index in [9.17, 15) is 24.5 Å². The van der Waals surface area contributed by atoms with Gasteiger partial charge >= 0.3 is 5.97 Å². The summed E-state index contributed by atoms with van der Waals surface area (Å²) >= 11 is 5.72. The van der Waals surface area contributed by atoms with Crippen molar-refractivity contribution in [2.24, 2.45) is 0 Å². The molecule has 0 radical (unpaired) electrons. The number of ketones is 1. The molecule has 0 heterocycles.